The van der Waals surface area contributed by atoms with Gasteiger partial charge in [-0.1, -0.05) is 37.3 Å². The second-order valence-corrected chi connectivity index (χ2v) is 11.8. The number of hydrogen-bond acceptors (Lipinski definition) is 2. The summed E-state index contributed by atoms with van der Waals surface area (Å²) in [4.78, 5) is 16.4. The van der Waals surface area contributed by atoms with Crippen LogP contribution in [0.2, 0.25) is 0 Å². The van der Waals surface area contributed by atoms with E-state index in [1.807, 2.05) is 0 Å². The summed E-state index contributed by atoms with van der Waals surface area (Å²) in [6, 6.07) is 11.2. The molecule has 2 unspecified atom stereocenters. The van der Waals surface area contributed by atoms with Gasteiger partial charge in [0.1, 0.15) is 0 Å². The Balaban J connectivity index is 1.29. The zero-order valence-electron chi connectivity index (χ0n) is 18.0. The first-order valence-corrected chi connectivity index (χ1v) is 12.0. The molecule has 0 radical (unpaired) electrons. The summed E-state index contributed by atoms with van der Waals surface area (Å²) >= 11 is 0. The smallest absolute Gasteiger partial charge is 0.228 e. The van der Waals surface area contributed by atoms with Crippen molar-refractivity contribution in [2.45, 2.75) is 82.1 Å². The second kappa shape index (κ2) is 6.09. The fourth-order valence-electron chi connectivity index (χ4n) is 9.04. The molecule has 4 atom stereocenters. The Morgan fingerprint density at radius 2 is 1.79 bits per heavy atom. The van der Waals surface area contributed by atoms with E-state index in [0.29, 0.717) is 16.9 Å². The number of nitrogens with zero attached hydrogens (tertiary/aromatic N) is 1. The first-order valence-electron chi connectivity index (χ1n) is 12.0. The molecule has 4 aliphatic carbocycles. The Morgan fingerprint density at radius 1 is 1.00 bits per heavy atom. The fraction of sp³-hybridized carbons (Fsp3) is 0.731. The molecule has 6 fully saturated rings. The Morgan fingerprint density at radius 3 is 2.48 bits per heavy atom. The second-order valence-electron chi connectivity index (χ2n) is 11.8. The van der Waals surface area contributed by atoms with Crippen LogP contribution in [0.15, 0.2) is 30.3 Å². The summed E-state index contributed by atoms with van der Waals surface area (Å²) in [7, 11) is 0. The Bertz CT molecular complexity index is 805. The summed E-state index contributed by atoms with van der Waals surface area (Å²) in [5, 5.41) is 3.76. The van der Waals surface area contributed by atoms with Gasteiger partial charge in [0.15, 0.2) is 0 Å². The van der Waals surface area contributed by atoms with Crippen LogP contribution in [0.5, 0.6) is 0 Å². The lowest BCUT2D eigenvalue weighted by molar-refractivity contribution is -0.172. The van der Waals surface area contributed by atoms with Crippen molar-refractivity contribution in [1.29, 1.82) is 0 Å². The van der Waals surface area contributed by atoms with Gasteiger partial charge >= 0.3 is 0 Å². The molecular weight excluding hydrogens is 356 g/mol. The highest BCUT2D eigenvalue weighted by Gasteiger charge is 2.65. The van der Waals surface area contributed by atoms with Gasteiger partial charge in [0.05, 0.1) is 5.41 Å². The van der Waals surface area contributed by atoms with Crippen LogP contribution in [0.4, 0.5) is 0 Å². The van der Waals surface area contributed by atoms with Gasteiger partial charge in [0.25, 0.3) is 0 Å². The topological polar surface area (TPSA) is 32.3 Å². The molecule has 1 aromatic rings. The average molecular weight is 393 g/mol. The highest BCUT2D eigenvalue weighted by atomic mass is 16.2. The van der Waals surface area contributed by atoms with Gasteiger partial charge in [0.2, 0.25) is 5.91 Å². The van der Waals surface area contributed by atoms with E-state index in [-0.39, 0.29) is 10.8 Å². The number of hydrogen-bond donors (Lipinski definition) is 1. The van der Waals surface area contributed by atoms with Crippen molar-refractivity contribution in [1.82, 2.24) is 10.2 Å². The highest BCUT2D eigenvalue weighted by Crippen LogP contribution is 2.70. The predicted molar refractivity (Wildman–Crippen MR) is 116 cm³/mol. The number of amides is 1. The predicted octanol–water partition coefficient (Wildman–Crippen LogP) is 4.66. The lowest BCUT2D eigenvalue weighted by atomic mass is 9.38. The molecule has 1 aromatic carbocycles. The molecule has 1 spiro atoms. The molecule has 1 amide bonds. The van der Waals surface area contributed by atoms with E-state index in [0.717, 1.165) is 57.7 Å². The van der Waals surface area contributed by atoms with Crippen molar-refractivity contribution in [2.75, 3.05) is 19.6 Å². The Kier molecular flexibility index (Phi) is 3.87. The van der Waals surface area contributed by atoms with Gasteiger partial charge in [-0.2, -0.15) is 0 Å². The monoisotopic (exact) mass is 392 g/mol. The van der Waals surface area contributed by atoms with Gasteiger partial charge in [-0.05, 0) is 93.1 Å². The number of likely N-dealkylation sites (tertiary alicyclic amines) is 1. The molecule has 2 heterocycles. The lowest BCUT2D eigenvalue weighted by Crippen LogP contribution is -2.63. The maximum absolute atomic E-state index is 14.1. The Labute approximate surface area is 175 Å². The van der Waals surface area contributed by atoms with Crippen LogP contribution < -0.4 is 5.32 Å². The maximum Gasteiger partial charge on any atom is 0.228 e. The molecule has 6 aliphatic rings. The van der Waals surface area contributed by atoms with Crippen LogP contribution in [-0.4, -0.2) is 36.0 Å². The van der Waals surface area contributed by atoms with Crippen molar-refractivity contribution < 1.29 is 4.79 Å². The van der Waals surface area contributed by atoms with E-state index in [1.165, 1.54) is 37.7 Å². The standard InChI is InChI=1S/C26H36N2O/c1-23-14-20-15-24(17-23,21-6-3-2-4-7-21)19-25(16-20,18-23)22(29)28-12-9-26(10-13-28)8-5-11-27-26/h2-4,6-7,20,27H,5,8-19H2,1H3/t20?,23-,24-,25?/m1/s1. The summed E-state index contributed by atoms with van der Waals surface area (Å²) < 4.78 is 0. The third kappa shape index (κ3) is 2.76. The minimum Gasteiger partial charge on any atom is -0.342 e. The van der Waals surface area contributed by atoms with E-state index >= 15 is 0 Å². The van der Waals surface area contributed by atoms with Gasteiger partial charge in [-0.25, -0.2) is 0 Å². The number of carbonyl (C=O) groups excluding carboxylic acids is 1. The average Bonchev–Trinajstić information content (AvgIpc) is 3.15. The quantitative estimate of drug-likeness (QED) is 0.794. The van der Waals surface area contributed by atoms with Crippen LogP contribution in [0.25, 0.3) is 0 Å². The van der Waals surface area contributed by atoms with Gasteiger partial charge in [0, 0.05) is 18.6 Å². The molecule has 4 saturated carbocycles. The van der Waals surface area contributed by atoms with Gasteiger partial charge < -0.3 is 10.2 Å². The summed E-state index contributed by atoms with van der Waals surface area (Å²) in [5.74, 6) is 1.24. The SMILES string of the molecule is C[C@]12CC3CC(C(=O)N4CCC5(CCCN5)CC4)(C1)C[C@@](c1ccccc1)(C3)C2. The summed E-state index contributed by atoms with van der Waals surface area (Å²) in [5.41, 5.74) is 2.32. The number of nitrogens with one attached hydrogen (secondary N) is 1. The normalized spacial score (nSPS) is 42.5. The largest absolute Gasteiger partial charge is 0.342 e. The minimum absolute atomic E-state index is 0.0996. The van der Waals surface area contributed by atoms with Crippen molar-refractivity contribution in [2.24, 2.45) is 16.7 Å². The van der Waals surface area contributed by atoms with Crippen molar-refractivity contribution in [3.63, 3.8) is 0 Å². The van der Waals surface area contributed by atoms with E-state index in [4.69, 9.17) is 0 Å². The van der Waals surface area contributed by atoms with Gasteiger partial charge in [-0.15, -0.1) is 0 Å². The van der Waals surface area contributed by atoms with E-state index in [2.05, 4.69) is 47.5 Å². The molecule has 156 valence electrons. The molecular formula is C26H36N2O. The molecule has 2 saturated heterocycles. The highest BCUT2D eigenvalue weighted by molar-refractivity contribution is 5.84. The number of piperidine rings is 1. The first kappa shape index (κ1) is 18.4. The summed E-state index contributed by atoms with van der Waals surface area (Å²) in [6.07, 6.45) is 12.2. The van der Waals surface area contributed by atoms with Crippen molar-refractivity contribution >= 4 is 5.91 Å². The zero-order valence-corrected chi connectivity index (χ0v) is 18.0. The molecule has 4 bridgehead atoms. The van der Waals surface area contributed by atoms with Crippen molar-refractivity contribution in [3.05, 3.63) is 35.9 Å². The van der Waals surface area contributed by atoms with Crippen LogP contribution in [0, 0.1) is 16.7 Å². The molecule has 0 aromatic heterocycles. The minimum atomic E-state index is -0.0996. The van der Waals surface area contributed by atoms with Crippen LogP contribution >= 0.6 is 0 Å². The molecule has 7 rings (SSSR count). The molecule has 1 N–H and O–H groups in total. The van der Waals surface area contributed by atoms with Crippen LogP contribution in [0.1, 0.15) is 76.7 Å². The maximum atomic E-state index is 14.1. The number of carbonyl (C=O) groups is 1. The first-order chi connectivity index (χ1) is 13.9. The molecule has 3 heteroatoms. The van der Waals surface area contributed by atoms with Crippen molar-refractivity contribution in [3.8, 4) is 0 Å². The molecule has 2 aliphatic heterocycles. The van der Waals surface area contributed by atoms with E-state index < -0.39 is 0 Å². The zero-order chi connectivity index (χ0) is 19.7. The Hall–Kier alpha value is -1.35. The lowest BCUT2D eigenvalue weighted by Gasteiger charge is -2.66. The third-order valence-electron chi connectivity index (χ3n) is 9.53. The molecule has 29 heavy (non-hydrogen) atoms. The van der Waals surface area contributed by atoms with E-state index in [9.17, 15) is 4.79 Å². The molecule has 3 nitrogen and oxygen atoms in total. The van der Waals surface area contributed by atoms with Crippen LogP contribution in [0.3, 0.4) is 0 Å². The number of benzene rings is 1. The van der Waals surface area contributed by atoms with Crippen LogP contribution in [-0.2, 0) is 10.2 Å². The van der Waals surface area contributed by atoms with Gasteiger partial charge in [-0.3, -0.25) is 4.79 Å². The number of rotatable bonds is 2. The fourth-order valence-corrected chi connectivity index (χ4v) is 9.04. The summed E-state index contributed by atoms with van der Waals surface area (Å²) in [6.45, 7) is 5.59. The van der Waals surface area contributed by atoms with E-state index in [1.54, 1.807) is 0 Å². The third-order valence-corrected chi connectivity index (χ3v) is 9.53.